The second kappa shape index (κ2) is 29.9. The van der Waals surface area contributed by atoms with Gasteiger partial charge < -0.3 is 9.80 Å². The first-order valence-electron chi connectivity index (χ1n) is 14.6. The lowest BCUT2D eigenvalue weighted by Crippen LogP contribution is -2.23. The van der Waals surface area contributed by atoms with Crippen LogP contribution >= 0.6 is 0 Å². The van der Waals surface area contributed by atoms with Crippen molar-refractivity contribution in [1.82, 2.24) is 9.80 Å². The van der Waals surface area contributed by atoms with Crippen LogP contribution in [0, 0.1) is 0 Å². The molecule has 0 rings (SSSR count). The van der Waals surface area contributed by atoms with E-state index in [9.17, 15) is 0 Å². The van der Waals surface area contributed by atoms with Crippen LogP contribution in [0.4, 0.5) is 0 Å². The first-order chi connectivity index (χ1) is 15.2. The molecule has 2 heteroatoms. The Labute approximate surface area is 199 Å². The molecule has 0 N–H and O–H groups in total. The highest BCUT2D eigenvalue weighted by atomic mass is 15.1. The van der Waals surface area contributed by atoms with Crippen molar-refractivity contribution in [2.75, 3.05) is 39.3 Å². The minimum Gasteiger partial charge on any atom is -0.304 e. The molecule has 2 nitrogen and oxygen atoms in total. The van der Waals surface area contributed by atoms with Crippen LogP contribution in [0.15, 0.2) is 0 Å². The molecule has 0 aliphatic carbocycles. The molecule has 0 aliphatic heterocycles. The Morgan fingerprint density at radius 1 is 0.290 bits per heavy atom. The van der Waals surface area contributed by atoms with Crippen LogP contribution < -0.4 is 0 Å². The third kappa shape index (κ3) is 27.9. The summed E-state index contributed by atoms with van der Waals surface area (Å²) in [6.07, 6.45) is 24.4. The molecule has 0 atom stereocenters. The Balaban J connectivity index is 0. The highest BCUT2D eigenvalue weighted by Gasteiger charge is 1.99. The Morgan fingerprint density at radius 3 is 0.742 bits per heavy atom. The third-order valence-electron chi connectivity index (χ3n) is 6.69. The van der Waals surface area contributed by atoms with E-state index in [0.717, 1.165) is 0 Å². The maximum absolute atomic E-state index is 2.53. The largest absolute Gasteiger partial charge is 0.304 e. The van der Waals surface area contributed by atoms with Crippen LogP contribution in [-0.4, -0.2) is 49.1 Å². The molecule has 0 radical (unpaired) electrons. The Morgan fingerprint density at radius 2 is 0.516 bits per heavy atom. The fraction of sp³-hybridized carbons (Fsp3) is 1.00. The quantitative estimate of drug-likeness (QED) is 0.146. The zero-order valence-electron chi connectivity index (χ0n) is 23.2. The summed E-state index contributed by atoms with van der Waals surface area (Å²) in [4.78, 5) is 5.05. The summed E-state index contributed by atoms with van der Waals surface area (Å²) in [7, 11) is 0. The smallest absolute Gasteiger partial charge is 0.00190 e. The zero-order valence-corrected chi connectivity index (χ0v) is 23.2. The van der Waals surface area contributed by atoms with Crippen LogP contribution in [0.3, 0.4) is 0 Å². The lowest BCUT2D eigenvalue weighted by atomic mass is 10.1. The van der Waals surface area contributed by atoms with E-state index < -0.39 is 0 Å². The van der Waals surface area contributed by atoms with Gasteiger partial charge in [0.15, 0.2) is 0 Å². The molecule has 0 aliphatic rings. The Kier molecular flexibility index (Phi) is 31.9. The highest BCUT2D eigenvalue weighted by molar-refractivity contribution is 4.54. The first-order valence-corrected chi connectivity index (χ1v) is 14.6. The SMILES string of the molecule is CCCCCCCCCCCN(CC)CC.CCCCCCCCCCN(CC)CC. The topological polar surface area (TPSA) is 6.48 Å². The van der Waals surface area contributed by atoms with Crippen LogP contribution in [0.2, 0.25) is 0 Å². The van der Waals surface area contributed by atoms with Crippen LogP contribution in [-0.2, 0) is 0 Å². The van der Waals surface area contributed by atoms with Gasteiger partial charge in [-0.15, -0.1) is 0 Å². The maximum Gasteiger partial charge on any atom is -0.00190 e. The molecule has 0 heterocycles. The molecular formula is C29H64N2. The molecule has 0 aromatic heterocycles. The lowest BCUT2D eigenvalue weighted by molar-refractivity contribution is 0.295. The van der Waals surface area contributed by atoms with Gasteiger partial charge in [0.1, 0.15) is 0 Å². The van der Waals surface area contributed by atoms with Gasteiger partial charge in [-0.2, -0.15) is 0 Å². The van der Waals surface area contributed by atoms with Crippen molar-refractivity contribution in [3.05, 3.63) is 0 Å². The van der Waals surface area contributed by atoms with Crippen LogP contribution in [0.1, 0.15) is 151 Å². The fourth-order valence-corrected chi connectivity index (χ4v) is 4.20. The summed E-state index contributed by atoms with van der Waals surface area (Å²) in [6, 6.07) is 0. The second-order valence-corrected chi connectivity index (χ2v) is 9.36. The molecule has 0 aromatic carbocycles. The molecule has 0 aromatic rings. The van der Waals surface area contributed by atoms with E-state index in [4.69, 9.17) is 0 Å². The minimum absolute atomic E-state index is 1.22. The van der Waals surface area contributed by atoms with Crippen molar-refractivity contribution in [3.63, 3.8) is 0 Å². The fourth-order valence-electron chi connectivity index (χ4n) is 4.20. The monoisotopic (exact) mass is 441 g/mol. The Bertz CT molecular complexity index is 284. The normalized spacial score (nSPS) is 11.2. The summed E-state index contributed by atoms with van der Waals surface area (Å²) in [5.74, 6) is 0. The van der Waals surface area contributed by atoms with Gasteiger partial charge >= 0.3 is 0 Å². The Hall–Kier alpha value is -0.0800. The van der Waals surface area contributed by atoms with Crippen molar-refractivity contribution < 1.29 is 0 Å². The highest BCUT2D eigenvalue weighted by Crippen LogP contribution is 2.10. The number of nitrogens with zero attached hydrogens (tertiary/aromatic N) is 2. The van der Waals surface area contributed by atoms with E-state index in [1.165, 1.54) is 148 Å². The molecule has 190 valence electrons. The molecule has 0 saturated carbocycles. The van der Waals surface area contributed by atoms with E-state index in [1.54, 1.807) is 0 Å². The average Bonchev–Trinajstić information content (AvgIpc) is 2.80. The first kappa shape index (κ1) is 33.1. The molecule has 0 fully saturated rings. The van der Waals surface area contributed by atoms with E-state index in [0.29, 0.717) is 0 Å². The number of rotatable bonds is 23. The molecule has 0 spiro atoms. The zero-order chi connectivity index (χ0) is 23.4. The van der Waals surface area contributed by atoms with E-state index >= 15 is 0 Å². The van der Waals surface area contributed by atoms with E-state index in [1.807, 2.05) is 0 Å². The molecule has 0 amide bonds. The molecule has 0 unspecified atom stereocenters. The van der Waals surface area contributed by atoms with Gasteiger partial charge in [0.2, 0.25) is 0 Å². The second-order valence-electron chi connectivity index (χ2n) is 9.36. The summed E-state index contributed by atoms with van der Waals surface area (Å²) in [5.41, 5.74) is 0. The minimum atomic E-state index is 1.22. The van der Waals surface area contributed by atoms with Gasteiger partial charge in [-0.3, -0.25) is 0 Å². The lowest BCUT2D eigenvalue weighted by Gasteiger charge is -2.17. The molecular weight excluding hydrogens is 376 g/mol. The van der Waals surface area contributed by atoms with Crippen molar-refractivity contribution in [2.24, 2.45) is 0 Å². The van der Waals surface area contributed by atoms with Gasteiger partial charge in [-0.1, -0.05) is 138 Å². The summed E-state index contributed by atoms with van der Waals surface area (Å²) in [5, 5.41) is 0. The molecule has 0 bridgehead atoms. The standard InChI is InChI=1S/C15H33N.C14H31N/c1-4-7-8-9-10-11-12-13-14-15-16(5-2)6-3;1-4-7-8-9-10-11-12-13-14-15(5-2)6-3/h4-15H2,1-3H3;4-14H2,1-3H3. The van der Waals surface area contributed by atoms with Gasteiger partial charge in [-0.05, 0) is 52.1 Å². The van der Waals surface area contributed by atoms with Crippen molar-refractivity contribution in [1.29, 1.82) is 0 Å². The summed E-state index contributed by atoms with van der Waals surface area (Å²) >= 11 is 0. The van der Waals surface area contributed by atoms with Crippen molar-refractivity contribution in [3.8, 4) is 0 Å². The van der Waals surface area contributed by atoms with Crippen LogP contribution in [0.25, 0.3) is 0 Å². The number of hydrogen-bond donors (Lipinski definition) is 0. The van der Waals surface area contributed by atoms with E-state index in [2.05, 4.69) is 51.3 Å². The van der Waals surface area contributed by atoms with Gasteiger partial charge in [0, 0.05) is 0 Å². The molecule has 0 saturated heterocycles. The third-order valence-corrected chi connectivity index (χ3v) is 6.69. The van der Waals surface area contributed by atoms with Gasteiger partial charge in [0.25, 0.3) is 0 Å². The van der Waals surface area contributed by atoms with E-state index in [-0.39, 0.29) is 0 Å². The van der Waals surface area contributed by atoms with Gasteiger partial charge in [0.05, 0.1) is 0 Å². The van der Waals surface area contributed by atoms with Gasteiger partial charge in [-0.25, -0.2) is 0 Å². The number of unbranched alkanes of at least 4 members (excludes halogenated alkanes) is 15. The average molecular weight is 441 g/mol. The predicted octanol–water partition coefficient (Wildman–Crippen LogP) is 9.33. The van der Waals surface area contributed by atoms with Crippen molar-refractivity contribution in [2.45, 2.75) is 151 Å². The summed E-state index contributed by atoms with van der Waals surface area (Å²) < 4.78 is 0. The van der Waals surface area contributed by atoms with Crippen molar-refractivity contribution >= 4 is 0 Å². The summed E-state index contributed by atoms with van der Waals surface area (Å²) in [6.45, 7) is 21.1. The number of hydrogen-bond acceptors (Lipinski definition) is 2. The van der Waals surface area contributed by atoms with Crippen LogP contribution in [0.5, 0.6) is 0 Å². The molecule has 31 heavy (non-hydrogen) atoms. The maximum atomic E-state index is 2.53. The predicted molar refractivity (Wildman–Crippen MR) is 145 cm³/mol.